The molecule has 0 aliphatic rings. The fraction of sp³-hybridized carbons (Fsp3) is 1.00. The summed E-state index contributed by atoms with van der Waals surface area (Å²) in [6, 6.07) is 0. The quantitative estimate of drug-likeness (QED) is 0.608. The molecule has 0 aromatic heterocycles. The molecule has 0 aromatic rings. The molecule has 1 atom stereocenters. The van der Waals surface area contributed by atoms with Gasteiger partial charge < -0.3 is 9.68 Å². The summed E-state index contributed by atoms with van der Waals surface area (Å²) < 4.78 is 5.22. The van der Waals surface area contributed by atoms with Gasteiger partial charge in [-0.2, -0.15) is 0 Å². The lowest BCUT2D eigenvalue weighted by Gasteiger charge is -2.15. The molecular weight excluding hydrogens is 127 g/mol. The molecule has 0 amide bonds. The Labute approximate surface area is 63.7 Å². The minimum Gasteiger partial charge on any atom is -0.427 e. The first-order valence-electron chi connectivity index (χ1n) is 3.91. The van der Waals surface area contributed by atoms with E-state index in [2.05, 4.69) is 0 Å². The molecule has 0 bridgehead atoms. The second kappa shape index (κ2) is 4.75. The first-order valence-corrected chi connectivity index (χ1v) is 3.91. The lowest BCUT2D eigenvalue weighted by atomic mass is 9.75. The normalized spacial score (nSPS) is 13.8. The monoisotopic (exact) mass is 144 g/mol. The zero-order chi connectivity index (χ0) is 8.15. The van der Waals surface area contributed by atoms with E-state index in [1.807, 2.05) is 27.7 Å². The molecular formula is C7H17BO2. The van der Waals surface area contributed by atoms with E-state index in [4.69, 9.17) is 4.65 Å². The van der Waals surface area contributed by atoms with Crippen LogP contribution >= 0.6 is 0 Å². The summed E-state index contributed by atoms with van der Waals surface area (Å²) in [4.78, 5) is 0. The van der Waals surface area contributed by atoms with Crippen LogP contribution in [0.5, 0.6) is 0 Å². The van der Waals surface area contributed by atoms with Crippen LogP contribution in [0, 0.1) is 0 Å². The average Bonchev–Trinajstić information content (AvgIpc) is 1.87. The molecule has 0 aliphatic heterocycles. The van der Waals surface area contributed by atoms with Crippen LogP contribution in [0.15, 0.2) is 0 Å². The summed E-state index contributed by atoms with van der Waals surface area (Å²) in [7, 11) is -0.602. The lowest BCUT2D eigenvalue weighted by Crippen LogP contribution is -2.26. The standard InChI is InChI=1S/C7H17BO2/c1-5-7(4)10-8(9)6(2)3/h6-7,9H,5H2,1-4H3. The van der Waals surface area contributed by atoms with Gasteiger partial charge in [-0.25, -0.2) is 0 Å². The molecule has 0 rings (SSSR count). The third-order valence-electron chi connectivity index (χ3n) is 1.52. The van der Waals surface area contributed by atoms with Crippen molar-refractivity contribution in [3.63, 3.8) is 0 Å². The zero-order valence-electron chi connectivity index (χ0n) is 7.29. The molecule has 10 heavy (non-hydrogen) atoms. The van der Waals surface area contributed by atoms with Gasteiger partial charge in [0.05, 0.1) is 0 Å². The maximum Gasteiger partial charge on any atom is 0.457 e. The first kappa shape index (κ1) is 9.98. The molecule has 60 valence electrons. The Hall–Kier alpha value is -0.0151. The van der Waals surface area contributed by atoms with Crippen molar-refractivity contribution in [3.8, 4) is 0 Å². The number of hydrogen-bond acceptors (Lipinski definition) is 2. The Morgan fingerprint density at radius 1 is 1.40 bits per heavy atom. The van der Waals surface area contributed by atoms with Crippen LogP contribution in [-0.2, 0) is 4.65 Å². The third-order valence-corrected chi connectivity index (χ3v) is 1.52. The Balaban J connectivity index is 3.46. The van der Waals surface area contributed by atoms with Crippen molar-refractivity contribution in [1.82, 2.24) is 0 Å². The van der Waals surface area contributed by atoms with Crippen LogP contribution in [0.3, 0.4) is 0 Å². The van der Waals surface area contributed by atoms with Gasteiger partial charge in [0.1, 0.15) is 0 Å². The molecule has 0 aromatic carbocycles. The maximum absolute atomic E-state index is 9.21. The summed E-state index contributed by atoms with van der Waals surface area (Å²) in [5.41, 5.74) is 0. The second-order valence-corrected chi connectivity index (χ2v) is 2.99. The van der Waals surface area contributed by atoms with Crippen LogP contribution in [0.2, 0.25) is 5.82 Å². The minimum atomic E-state index is -0.602. The molecule has 1 unspecified atom stereocenters. The smallest absolute Gasteiger partial charge is 0.427 e. The van der Waals surface area contributed by atoms with Crippen molar-refractivity contribution in [2.75, 3.05) is 0 Å². The third kappa shape index (κ3) is 3.91. The minimum absolute atomic E-state index is 0.164. The number of rotatable bonds is 4. The summed E-state index contributed by atoms with van der Waals surface area (Å²) in [5.74, 6) is 0.189. The molecule has 1 N–H and O–H groups in total. The van der Waals surface area contributed by atoms with Crippen LogP contribution < -0.4 is 0 Å². The predicted octanol–water partition coefficient (Wildman–Crippen LogP) is 1.69. The highest BCUT2D eigenvalue weighted by atomic mass is 16.5. The lowest BCUT2D eigenvalue weighted by molar-refractivity contribution is 0.173. The van der Waals surface area contributed by atoms with Gasteiger partial charge in [0, 0.05) is 6.10 Å². The van der Waals surface area contributed by atoms with Gasteiger partial charge in [-0.1, -0.05) is 20.8 Å². The summed E-state index contributed by atoms with van der Waals surface area (Å²) in [6.07, 6.45) is 1.11. The molecule has 3 heteroatoms. The van der Waals surface area contributed by atoms with Crippen LogP contribution in [0.1, 0.15) is 34.1 Å². The SMILES string of the molecule is CCC(C)OB(O)C(C)C. The van der Waals surface area contributed by atoms with E-state index in [-0.39, 0.29) is 11.9 Å². The van der Waals surface area contributed by atoms with E-state index < -0.39 is 7.12 Å². The largest absolute Gasteiger partial charge is 0.457 e. The highest BCUT2D eigenvalue weighted by molar-refractivity contribution is 6.44. The van der Waals surface area contributed by atoms with E-state index >= 15 is 0 Å². The number of hydrogen-bond donors (Lipinski definition) is 1. The van der Waals surface area contributed by atoms with Crippen LogP contribution in [-0.4, -0.2) is 18.2 Å². The molecule has 0 saturated carbocycles. The van der Waals surface area contributed by atoms with Crippen molar-refractivity contribution in [2.24, 2.45) is 0 Å². The van der Waals surface area contributed by atoms with Gasteiger partial charge in [0.2, 0.25) is 0 Å². The van der Waals surface area contributed by atoms with Gasteiger partial charge in [-0.15, -0.1) is 0 Å². The Morgan fingerprint density at radius 2 is 1.90 bits per heavy atom. The maximum atomic E-state index is 9.21. The van der Waals surface area contributed by atoms with Gasteiger partial charge in [0.15, 0.2) is 0 Å². The van der Waals surface area contributed by atoms with E-state index in [0.717, 1.165) is 6.42 Å². The van der Waals surface area contributed by atoms with Crippen molar-refractivity contribution in [1.29, 1.82) is 0 Å². The Bertz CT molecular complexity index is 85.7. The fourth-order valence-electron chi connectivity index (χ4n) is 0.491. The second-order valence-electron chi connectivity index (χ2n) is 2.99. The van der Waals surface area contributed by atoms with E-state index in [9.17, 15) is 5.02 Å². The zero-order valence-corrected chi connectivity index (χ0v) is 7.29. The van der Waals surface area contributed by atoms with E-state index in [0.29, 0.717) is 0 Å². The van der Waals surface area contributed by atoms with Gasteiger partial charge >= 0.3 is 7.12 Å². The molecule has 2 nitrogen and oxygen atoms in total. The molecule has 0 saturated heterocycles. The summed E-state index contributed by atoms with van der Waals surface area (Å²) >= 11 is 0. The van der Waals surface area contributed by atoms with Crippen LogP contribution in [0.4, 0.5) is 0 Å². The molecule has 0 radical (unpaired) electrons. The van der Waals surface area contributed by atoms with Crippen molar-refractivity contribution < 1.29 is 9.68 Å². The van der Waals surface area contributed by atoms with Crippen molar-refractivity contribution >= 4 is 7.12 Å². The van der Waals surface area contributed by atoms with Crippen molar-refractivity contribution in [2.45, 2.75) is 46.0 Å². The van der Waals surface area contributed by atoms with E-state index in [1.165, 1.54) is 0 Å². The average molecular weight is 144 g/mol. The Kier molecular flexibility index (Phi) is 4.74. The Morgan fingerprint density at radius 3 is 2.20 bits per heavy atom. The van der Waals surface area contributed by atoms with Gasteiger partial charge in [-0.05, 0) is 19.2 Å². The fourth-order valence-corrected chi connectivity index (χ4v) is 0.491. The highest BCUT2D eigenvalue weighted by Crippen LogP contribution is 2.08. The molecule has 0 fully saturated rings. The van der Waals surface area contributed by atoms with Gasteiger partial charge in [-0.3, -0.25) is 0 Å². The molecule has 0 aliphatic carbocycles. The molecule has 0 heterocycles. The molecule has 0 spiro atoms. The van der Waals surface area contributed by atoms with E-state index in [1.54, 1.807) is 0 Å². The highest BCUT2D eigenvalue weighted by Gasteiger charge is 2.19. The van der Waals surface area contributed by atoms with Crippen molar-refractivity contribution in [3.05, 3.63) is 0 Å². The first-order chi connectivity index (χ1) is 4.57. The van der Waals surface area contributed by atoms with Gasteiger partial charge in [0.25, 0.3) is 0 Å². The van der Waals surface area contributed by atoms with Crippen LogP contribution in [0.25, 0.3) is 0 Å². The topological polar surface area (TPSA) is 29.5 Å². The summed E-state index contributed by atoms with van der Waals surface area (Å²) in [5, 5.41) is 9.21. The summed E-state index contributed by atoms with van der Waals surface area (Å²) in [6.45, 7) is 7.88. The predicted molar refractivity (Wildman–Crippen MR) is 43.9 cm³/mol.